The van der Waals surface area contributed by atoms with Gasteiger partial charge in [0, 0.05) is 72.0 Å². The number of aromatic nitrogens is 4. The molecule has 1 aliphatic rings. The summed E-state index contributed by atoms with van der Waals surface area (Å²) in [5.41, 5.74) is 9.49. The Bertz CT molecular complexity index is 1780. The second-order valence-corrected chi connectivity index (χ2v) is 11.4. The standard InChI is InChI=1S/C34H37N7O2/c1-5-31(43)37-30-17-25(7-6-22(30)2)32-29-16-26(27-19-36-41(21-27)20-23(3)42)18-35-34(29)38-33(32)24-8-10-28(11-9-24)40-14-12-39(4)13-15-40/h5-11,16-19,21,23,42H,1,12-15,20H2,2-4H3,(H,35,38)(H,37,43). The van der Waals surface area contributed by atoms with Crippen LogP contribution in [-0.4, -0.2) is 75.0 Å². The molecular formula is C34H37N7O2. The molecule has 1 saturated heterocycles. The van der Waals surface area contributed by atoms with E-state index in [1.807, 2.05) is 31.5 Å². The number of anilines is 2. The molecule has 0 radical (unpaired) electrons. The average molecular weight is 576 g/mol. The second-order valence-electron chi connectivity index (χ2n) is 11.4. The zero-order chi connectivity index (χ0) is 30.1. The fourth-order valence-electron chi connectivity index (χ4n) is 5.63. The number of nitrogens with one attached hydrogen (secondary N) is 2. The van der Waals surface area contributed by atoms with E-state index in [2.05, 4.69) is 75.2 Å². The molecule has 9 nitrogen and oxygen atoms in total. The highest BCUT2D eigenvalue weighted by atomic mass is 16.3. The molecule has 3 N–H and O–H groups in total. The molecule has 5 aromatic rings. The Morgan fingerprint density at radius 3 is 2.51 bits per heavy atom. The van der Waals surface area contributed by atoms with Crippen LogP contribution in [0, 0.1) is 6.92 Å². The molecule has 1 unspecified atom stereocenters. The Hall–Kier alpha value is -4.73. The number of pyridine rings is 1. The largest absolute Gasteiger partial charge is 0.391 e. The SMILES string of the molecule is C=CC(=O)Nc1cc(-c2c(-c3ccc(N4CCN(C)CC4)cc3)[nH]c3ncc(-c4cnn(CC(C)O)c4)cc23)ccc1C. The highest BCUT2D eigenvalue weighted by Crippen LogP contribution is 2.41. The van der Waals surface area contributed by atoms with Crippen LogP contribution in [0.25, 0.3) is 44.5 Å². The number of hydrogen-bond donors (Lipinski definition) is 3. The summed E-state index contributed by atoms with van der Waals surface area (Å²) in [4.78, 5) is 25.4. The summed E-state index contributed by atoms with van der Waals surface area (Å²) in [6, 6.07) is 16.9. The number of amides is 1. The number of likely N-dealkylation sites (N-methyl/N-ethyl adjacent to an activating group) is 1. The minimum atomic E-state index is -0.493. The summed E-state index contributed by atoms with van der Waals surface area (Å²) in [6.07, 6.45) is 6.35. The third-order valence-corrected chi connectivity index (χ3v) is 8.06. The number of nitrogens with zero attached hydrogens (tertiary/aromatic N) is 5. The van der Waals surface area contributed by atoms with E-state index in [-0.39, 0.29) is 5.91 Å². The number of piperazine rings is 1. The van der Waals surface area contributed by atoms with Crippen molar-refractivity contribution in [1.29, 1.82) is 0 Å². The molecule has 1 aliphatic heterocycles. The van der Waals surface area contributed by atoms with Crippen molar-refractivity contribution in [1.82, 2.24) is 24.6 Å². The smallest absolute Gasteiger partial charge is 0.247 e. The van der Waals surface area contributed by atoms with E-state index in [4.69, 9.17) is 4.98 Å². The van der Waals surface area contributed by atoms with Crippen LogP contribution in [0.3, 0.4) is 0 Å². The topological polar surface area (TPSA) is 102 Å². The number of fused-ring (bicyclic) bond motifs is 1. The Morgan fingerprint density at radius 1 is 1.05 bits per heavy atom. The molecule has 4 heterocycles. The lowest BCUT2D eigenvalue weighted by Gasteiger charge is -2.34. The van der Waals surface area contributed by atoms with Crippen molar-refractivity contribution in [3.63, 3.8) is 0 Å². The predicted molar refractivity (Wildman–Crippen MR) is 173 cm³/mol. The maximum Gasteiger partial charge on any atom is 0.247 e. The molecule has 1 atom stereocenters. The van der Waals surface area contributed by atoms with Crippen LogP contribution < -0.4 is 10.2 Å². The van der Waals surface area contributed by atoms with Gasteiger partial charge in [0.2, 0.25) is 5.91 Å². The van der Waals surface area contributed by atoms with Gasteiger partial charge in [-0.05, 0) is 67.9 Å². The monoisotopic (exact) mass is 575 g/mol. The van der Waals surface area contributed by atoms with Crippen molar-refractivity contribution in [2.24, 2.45) is 0 Å². The molecule has 0 spiro atoms. The predicted octanol–water partition coefficient (Wildman–Crippen LogP) is 5.33. The molecular weight excluding hydrogens is 538 g/mol. The molecule has 0 bridgehead atoms. The van der Waals surface area contributed by atoms with E-state index < -0.39 is 6.10 Å². The lowest BCUT2D eigenvalue weighted by molar-refractivity contribution is -0.111. The van der Waals surface area contributed by atoms with E-state index in [1.165, 1.54) is 11.8 Å². The van der Waals surface area contributed by atoms with Crippen LogP contribution in [0.4, 0.5) is 11.4 Å². The van der Waals surface area contributed by atoms with Gasteiger partial charge in [-0.1, -0.05) is 30.8 Å². The zero-order valence-corrected chi connectivity index (χ0v) is 24.8. The summed E-state index contributed by atoms with van der Waals surface area (Å²) < 4.78 is 1.74. The van der Waals surface area contributed by atoms with Crippen LogP contribution in [0.5, 0.6) is 0 Å². The maximum absolute atomic E-state index is 12.2. The fraction of sp³-hybridized carbons (Fsp3) is 0.265. The van der Waals surface area contributed by atoms with Gasteiger partial charge in [-0.3, -0.25) is 9.48 Å². The Morgan fingerprint density at radius 2 is 1.79 bits per heavy atom. The van der Waals surface area contributed by atoms with E-state index in [1.54, 1.807) is 17.8 Å². The summed E-state index contributed by atoms with van der Waals surface area (Å²) in [6.45, 7) is 11.9. The molecule has 0 saturated carbocycles. The first kappa shape index (κ1) is 28.4. The molecule has 3 aromatic heterocycles. The van der Waals surface area contributed by atoms with Gasteiger partial charge in [0.1, 0.15) is 5.65 Å². The van der Waals surface area contributed by atoms with Crippen molar-refractivity contribution >= 4 is 28.3 Å². The van der Waals surface area contributed by atoms with Crippen LogP contribution in [-0.2, 0) is 11.3 Å². The number of aliphatic hydroxyl groups is 1. The van der Waals surface area contributed by atoms with Gasteiger partial charge in [0.25, 0.3) is 0 Å². The van der Waals surface area contributed by atoms with Crippen LogP contribution in [0.15, 0.2) is 79.8 Å². The van der Waals surface area contributed by atoms with Crippen molar-refractivity contribution in [2.75, 3.05) is 43.4 Å². The van der Waals surface area contributed by atoms with Gasteiger partial charge in [-0.25, -0.2) is 4.98 Å². The number of carbonyl (C=O) groups excluding carboxylic acids is 1. The van der Waals surface area contributed by atoms with E-state index in [0.717, 1.165) is 82.0 Å². The van der Waals surface area contributed by atoms with Crippen LogP contribution in [0.2, 0.25) is 0 Å². The molecule has 1 amide bonds. The summed E-state index contributed by atoms with van der Waals surface area (Å²) in [5.74, 6) is -0.253. The second kappa shape index (κ2) is 11.9. The van der Waals surface area contributed by atoms with E-state index >= 15 is 0 Å². The van der Waals surface area contributed by atoms with Gasteiger partial charge in [0.05, 0.1) is 24.5 Å². The van der Waals surface area contributed by atoms with Crippen LogP contribution >= 0.6 is 0 Å². The molecule has 220 valence electrons. The number of aliphatic hydroxyl groups excluding tert-OH is 1. The first-order valence-corrected chi connectivity index (χ1v) is 14.6. The Kier molecular flexibility index (Phi) is 7.84. The Labute approximate surface area is 251 Å². The van der Waals surface area contributed by atoms with Gasteiger partial charge < -0.3 is 25.2 Å². The normalized spacial score (nSPS) is 14.7. The maximum atomic E-state index is 12.2. The number of aromatic amines is 1. The first-order valence-electron chi connectivity index (χ1n) is 14.6. The molecule has 0 aliphatic carbocycles. The number of benzene rings is 2. The zero-order valence-electron chi connectivity index (χ0n) is 24.8. The van der Waals surface area contributed by atoms with Crippen LogP contribution in [0.1, 0.15) is 12.5 Å². The highest BCUT2D eigenvalue weighted by molar-refractivity contribution is 6.05. The third kappa shape index (κ3) is 5.95. The highest BCUT2D eigenvalue weighted by Gasteiger charge is 2.20. The average Bonchev–Trinajstić information content (AvgIpc) is 3.63. The molecule has 1 fully saturated rings. The molecule has 9 heteroatoms. The van der Waals surface area contributed by atoms with Gasteiger partial charge in [-0.15, -0.1) is 0 Å². The number of carbonyl (C=O) groups is 1. The lowest BCUT2D eigenvalue weighted by atomic mass is 9.96. The number of aryl methyl sites for hydroxylation is 1. The minimum absolute atomic E-state index is 0.253. The third-order valence-electron chi connectivity index (χ3n) is 8.06. The Balaban J connectivity index is 1.46. The van der Waals surface area contributed by atoms with E-state index in [9.17, 15) is 9.90 Å². The molecule has 6 rings (SSSR count). The first-order chi connectivity index (χ1) is 20.8. The molecule has 2 aromatic carbocycles. The summed E-state index contributed by atoms with van der Waals surface area (Å²) in [7, 11) is 2.16. The van der Waals surface area contributed by atoms with Gasteiger partial charge >= 0.3 is 0 Å². The number of H-pyrrole nitrogens is 1. The minimum Gasteiger partial charge on any atom is -0.391 e. The van der Waals surface area contributed by atoms with E-state index in [0.29, 0.717) is 6.54 Å². The fourth-order valence-corrected chi connectivity index (χ4v) is 5.63. The summed E-state index contributed by atoms with van der Waals surface area (Å²) in [5, 5.41) is 18.1. The van der Waals surface area contributed by atoms with Crippen molar-refractivity contribution in [3.8, 4) is 33.5 Å². The number of rotatable bonds is 8. The lowest BCUT2D eigenvalue weighted by Crippen LogP contribution is -2.44. The van der Waals surface area contributed by atoms with Crippen molar-refractivity contribution < 1.29 is 9.90 Å². The van der Waals surface area contributed by atoms with Gasteiger partial charge in [0.15, 0.2) is 0 Å². The molecule has 43 heavy (non-hydrogen) atoms. The quantitative estimate of drug-likeness (QED) is 0.216. The number of hydrogen-bond acceptors (Lipinski definition) is 6. The van der Waals surface area contributed by atoms with Crippen molar-refractivity contribution in [3.05, 3.63) is 85.3 Å². The summed E-state index contributed by atoms with van der Waals surface area (Å²) >= 11 is 0. The van der Waals surface area contributed by atoms with Crippen molar-refractivity contribution in [2.45, 2.75) is 26.5 Å². The van der Waals surface area contributed by atoms with Gasteiger partial charge in [-0.2, -0.15) is 5.10 Å².